The topological polar surface area (TPSA) is 35.2 Å². The minimum absolute atomic E-state index is 0.211. The van der Waals surface area contributed by atoms with Gasteiger partial charge in [-0.1, -0.05) is 31.9 Å². The van der Waals surface area contributed by atoms with E-state index in [0.29, 0.717) is 5.92 Å². The molecule has 1 saturated carbocycles. The predicted molar refractivity (Wildman–Crippen MR) is 73.7 cm³/mol. The molecule has 0 radical (unpaired) electrons. The first-order valence-corrected chi connectivity index (χ1v) is 7.25. The number of hydrogen-bond donors (Lipinski definition) is 1. The maximum Gasteiger partial charge on any atom is 0.122 e. The van der Waals surface area contributed by atoms with Gasteiger partial charge in [-0.15, -0.1) is 0 Å². The molecule has 0 bridgehead atoms. The Morgan fingerprint density at radius 1 is 1.22 bits per heavy atom. The number of ether oxygens (including phenoxy) is 1. The van der Waals surface area contributed by atoms with E-state index in [1.165, 1.54) is 36.8 Å². The van der Waals surface area contributed by atoms with Gasteiger partial charge in [0.1, 0.15) is 5.75 Å². The standard InChI is InChI=1S/C16H23NO/c1-11-2-4-12(5-3-11)16(17)14-6-7-15-13(10-14)8-9-18-15/h6-7,10-12,16H,2-5,8-9,17H2,1H3. The molecule has 1 atom stereocenters. The Labute approximate surface area is 110 Å². The lowest BCUT2D eigenvalue weighted by atomic mass is 9.77. The molecule has 2 aliphatic rings. The molecule has 1 heterocycles. The minimum Gasteiger partial charge on any atom is -0.493 e. The van der Waals surface area contributed by atoms with Gasteiger partial charge in [-0.25, -0.2) is 0 Å². The molecule has 18 heavy (non-hydrogen) atoms. The smallest absolute Gasteiger partial charge is 0.122 e. The fourth-order valence-corrected chi connectivity index (χ4v) is 3.33. The SMILES string of the molecule is CC1CCC(C(N)c2ccc3c(c2)CCO3)CC1. The lowest BCUT2D eigenvalue weighted by Crippen LogP contribution is -2.25. The van der Waals surface area contributed by atoms with Crippen molar-refractivity contribution < 1.29 is 4.74 Å². The Morgan fingerprint density at radius 3 is 2.78 bits per heavy atom. The second-order valence-electron chi connectivity index (χ2n) is 6.01. The third-order valence-electron chi connectivity index (χ3n) is 4.67. The van der Waals surface area contributed by atoms with Crippen LogP contribution in [0.15, 0.2) is 18.2 Å². The van der Waals surface area contributed by atoms with Crippen molar-refractivity contribution in [1.82, 2.24) is 0 Å². The van der Waals surface area contributed by atoms with Gasteiger partial charge in [0.05, 0.1) is 6.61 Å². The second kappa shape index (κ2) is 4.93. The molecule has 0 saturated heterocycles. The Hall–Kier alpha value is -1.02. The van der Waals surface area contributed by atoms with Crippen molar-refractivity contribution in [2.75, 3.05) is 6.61 Å². The normalized spacial score (nSPS) is 28.6. The fourth-order valence-electron chi connectivity index (χ4n) is 3.33. The Morgan fingerprint density at radius 2 is 2.00 bits per heavy atom. The van der Waals surface area contributed by atoms with E-state index in [1.54, 1.807) is 0 Å². The van der Waals surface area contributed by atoms with Crippen LogP contribution in [0.4, 0.5) is 0 Å². The van der Waals surface area contributed by atoms with E-state index in [9.17, 15) is 0 Å². The van der Waals surface area contributed by atoms with Gasteiger partial charge in [0, 0.05) is 12.5 Å². The predicted octanol–water partition coefficient (Wildman–Crippen LogP) is 3.45. The van der Waals surface area contributed by atoms with Crippen LogP contribution < -0.4 is 10.5 Å². The third kappa shape index (κ3) is 2.26. The Balaban J connectivity index is 1.74. The summed E-state index contributed by atoms with van der Waals surface area (Å²) in [4.78, 5) is 0. The first-order chi connectivity index (χ1) is 8.74. The summed E-state index contributed by atoms with van der Waals surface area (Å²) in [5.74, 6) is 2.62. The van der Waals surface area contributed by atoms with Crippen LogP contribution in [0.3, 0.4) is 0 Å². The zero-order chi connectivity index (χ0) is 12.5. The van der Waals surface area contributed by atoms with Gasteiger partial charge in [0.25, 0.3) is 0 Å². The molecule has 1 fully saturated rings. The van der Waals surface area contributed by atoms with Crippen LogP contribution in [0.5, 0.6) is 5.75 Å². The fraction of sp³-hybridized carbons (Fsp3) is 0.625. The van der Waals surface area contributed by atoms with E-state index in [0.717, 1.165) is 24.7 Å². The second-order valence-corrected chi connectivity index (χ2v) is 6.01. The highest BCUT2D eigenvalue weighted by Crippen LogP contribution is 2.37. The van der Waals surface area contributed by atoms with Crippen LogP contribution in [-0.4, -0.2) is 6.61 Å². The van der Waals surface area contributed by atoms with Crippen molar-refractivity contribution in [3.05, 3.63) is 29.3 Å². The maximum absolute atomic E-state index is 6.47. The largest absolute Gasteiger partial charge is 0.493 e. The highest BCUT2D eigenvalue weighted by Gasteiger charge is 2.25. The molecule has 0 amide bonds. The van der Waals surface area contributed by atoms with Gasteiger partial charge in [0.15, 0.2) is 0 Å². The molecule has 1 unspecified atom stereocenters. The molecule has 2 N–H and O–H groups in total. The van der Waals surface area contributed by atoms with E-state index in [4.69, 9.17) is 10.5 Å². The van der Waals surface area contributed by atoms with Gasteiger partial charge in [0.2, 0.25) is 0 Å². The average Bonchev–Trinajstić information content (AvgIpc) is 2.86. The highest BCUT2D eigenvalue weighted by atomic mass is 16.5. The summed E-state index contributed by atoms with van der Waals surface area (Å²) in [5, 5.41) is 0. The van der Waals surface area contributed by atoms with Crippen molar-refractivity contribution in [2.45, 2.75) is 45.1 Å². The molecule has 0 aromatic heterocycles. The average molecular weight is 245 g/mol. The molecule has 98 valence electrons. The number of fused-ring (bicyclic) bond motifs is 1. The highest BCUT2D eigenvalue weighted by molar-refractivity contribution is 5.40. The monoisotopic (exact) mass is 245 g/mol. The zero-order valence-corrected chi connectivity index (χ0v) is 11.2. The third-order valence-corrected chi connectivity index (χ3v) is 4.67. The molecule has 2 nitrogen and oxygen atoms in total. The Kier molecular flexibility index (Phi) is 3.29. The van der Waals surface area contributed by atoms with E-state index >= 15 is 0 Å². The van der Waals surface area contributed by atoms with Gasteiger partial charge in [-0.05, 0) is 41.9 Å². The van der Waals surface area contributed by atoms with E-state index in [-0.39, 0.29) is 6.04 Å². The summed E-state index contributed by atoms with van der Waals surface area (Å²) in [6, 6.07) is 6.74. The quantitative estimate of drug-likeness (QED) is 0.866. The summed E-state index contributed by atoms with van der Waals surface area (Å²) >= 11 is 0. The number of nitrogens with two attached hydrogens (primary N) is 1. The summed E-state index contributed by atoms with van der Waals surface area (Å²) in [5.41, 5.74) is 9.11. The minimum atomic E-state index is 0.211. The summed E-state index contributed by atoms with van der Waals surface area (Å²) in [7, 11) is 0. The molecule has 1 aliphatic carbocycles. The van der Waals surface area contributed by atoms with Crippen LogP contribution >= 0.6 is 0 Å². The number of hydrogen-bond acceptors (Lipinski definition) is 2. The molecule has 3 rings (SSSR count). The van der Waals surface area contributed by atoms with Crippen molar-refractivity contribution in [3.63, 3.8) is 0 Å². The molecule has 1 aromatic rings. The van der Waals surface area contributed by atoms with Crippen LogP contribution in [0.2, 0.25) is 0 Å². The van der Waals surface area contributed by atoms with E-state index in [2.05, 4.69) is 25.1 Å². The van der Waals surface area contributed by atoms with Crippen molar-refractivity contribution in [3.8, 4) is 5.75 Å². The first-order valence-electron chi connectivity index (χ1n) is 7.25. The lowest BCUT2D eigenvalue weighted by molar-refractivity contribution is 0.256. The summed E-state index contributed by atoms with van der Waals surface area (Å²) < 4.78 is 5.55. The lowest BCUT2D eigenvalue weighted by Gasteiger charge is -2.31. The van der Waals surface area contributed by atoms with E-state index in [1.807, 2.05) is 0 Å². The molecular weight excluding hydrogens is 222 g/mol. The summed E-state index contributed by atoms with van der Waals surface area (Å²) in [6.07, 6.45) is 6.29. The number of benzene rings is 1. The van der Waals surface area contributed by atoms with Crippen LogP contribution in [0, 0.1) is 11.8 Å². The van der Waals surface area contributed by atoms with Gasteiger partial charge in [-0.2, -0.15) is 0 Å². The van der Waals surface area contributed by atoms with Crippen LogP contribution in [-0.2, 0) is 6.42 Å². The van der Waals surface area contributed by atoms with Crippen molar-refractivity contribution >= 4 is 0 Å². The van der Waals surface area contributed by atoms with Gasteiger partial charge < -0.3 is 10.5 Å². The first kappa shape index (κ1) is 12.0. The summed E-state index contributed by atoms with van der Waals surface area (Å²) in [6.45, 7) is 3.18. The van der Waals surface area contributed by atoms with Gasteiger partial charge >= 0.3 is 0 Å². The van der Waals surface area contributed by atoms with Crippen LogP contribution in [0.1, 0.15) is 49.8 Å². The number of rotatable bonds is 2. The van der Waals surface area contributed by atoms with E-state index < -0.39 is 0 Å². The molecular formula is C16H23NO. The zero-order valence-electron chi connectivity index (χ0n) is 11.2. The van der Waals surface area contributed by atoms with Crippen molar-refractivity contribution in [2.24, 2.45) is 17.6 Å². The molecule has 1 aromatic carbocycles. The van der Waals surface area contributed by atoms with Crippen molar-refractivity contribution in [1.29, 1.82) is 0 Å². The molecule has 2 heteroatoms. The van der Waals surface area contributed by atoms with Crippen LogP contribution in [0.25, 0.3) is 0 Å². The Bertz CT molecular complexity index is 421. The van der Waals surface area contributed by atoms with Gasteiger partial charge in [-0.3, -0.25) is 0 Å². The molecule has 0 spiro atoms. The molecule has 1 aliphatic heterocycles. The maximum atomic E-state index is 6.47.